The second kappa shape index (κ2) is 3.10. The minimum absolute atomic E-state index is 0.719. The standard InChI is InChI=1S/C8H9BrN2/c1-3-11-6(2)8(9)4-7(11)5-10/h4H,3H2,1-2H3. The van der Waals surface area contributed by atoms with Crippen LogP contribution in [0.4, 0.5) is 0 Å². The Kier molecular flexibility index (Phi) is 2.35. The van der Waals surface area contributed by atoms with Gasteiger partial charge in [0.15, 0.2) is 0 Å². The highest BCUT2D eigenvalue weighted by molar-refractivity contribution is 9.10. The van der Waals surface area contributed by atoms with E-state index >= 15 is 0 Å². The summed E-state index contributed by atoms with van der Waals surface area (Å²) < 4.78 is 2.99. The highest BCUT2D eigenvalue weighted by Gasteiger charge is 2.06. The molecule has 1 aromatic heterocycles. The van der Waals surface area contributed by atoms with E-state index in [1.54, 1.807) is 0 Å². The maximum Gasteiger partial charge on any atom is 0.121 e. The topological polar surface area (TPSA) is 28.7 Å². The molecule has 0 N–H and O–H groups in total. The lowest BCUT2D eigenvalue weighted by molar-refractivity contribution is 0.731. The monoisotopic (exact) mass is 212 g/mol. The Balaban J connectivity index is 3.29. The molecule has 0 aliphatic heterocycles. The average Bonchev–Trinajstić information content (AvgIpc) is 2.28. The van der Waals surface area contributed by atoms with Crippen molar-refractivity contribution in [2.24, 2.45) is 0 Å². The maximum absolute atomic E-state index is 8.70. The van der Waals surface area contributed by atoms with Crippen LogP contribution in [0.2, 0.25) is 0 Å². The van der Waals surface area contributed by atoms with Crippen LogP contribution < -0.4 is 0 Å². The summed E-state index contributed by atoms with van der Waals surface area (Å²) in [6.45, 7) is 4.87. The summed E-state index contributed by atoms with van der Waals surface area (Å²) in [5.41, 5.74) is 1.83. The molecule has 2 nitrogen and oxygen atoms in total. The van der Waals surface area contributed by atoms with Gasteiger partial charge in [0.2, 0.25) is 0 Å². The summed E-state index contributed by atoms with van der Waals surface area (Å²) in [7, 11) is 0. The Morgan fingerprint density at radius 3 is 2.73 bits per heavy atom. The Morgan fingerprint density at radius 2 is 2.36 bits per heavy atom. The van der Waals surface area contributed by atoms with Crippen molar-refractivity contribution in [2.75, 3.05) is 0 Å². The van der Waals surface area contributed by atoms with E-state index in [1.165, 1.54) is 0 Å². The van der Waals surface area contributed by atoms with E-state index in [9.17, 15) is 0 Å². The Hall–Kier alpha value is -0.750. The molecule has 0 unspecified atom stereocenters. The van der Waals surface area contributed by atoms with Crippen LogP contribution in [-0.4, -0.2) is 4.57 Å². The van der Waals surface area contributed by atoms with E-state index in [2.05, 4.69) is 22.0 Å². The maximum atomic E-state index is 8.70. The summed E-state index contributed by atoms with van der Waals surface area (Å²) in [5.74, 6) is 0. The molecule has 0 saturated carbocycles. The SMILES string of the molecule is CCn1c(C#N)cc(Br)c1C. The molecule has 0 aromatic carbocycles. The summed E-state index contributed by atoms with van der Waals surface area (Å²) in [6, 6.07) is 3.99. The minimum Gasteiger partial charge on any atom is -0.336 e. The lowest BCUT2D eigenvalue weighted by Crippen LogP contribution is -1.98. The van der Waals surface area contributed by atoms with Crippen molar-refractivity contribution in [3.05, 3.63) is 21.9 Å². The third-order valence-corrected chi connectivity index (χ3v) is 2.54. The Morgan fingerprint density at radius 1 is 1.73 bits per heavy atom. The van der Waals surface area contributed by atoms with E-state index < -0.39 is 0 Å². The molecule has 0 atom stereocenters. The number of nitrogens with zero attached hydrogens (tertiary/aromatic N) is 2. The van der Waals surface area contributed by atoms with Gasteiger partial charge in [0.05, 0.1) is 0 Å². The van der Waals surface area contributed by atoms with Crippen molar-refractivity contribution in [1.82, 2.24) is 4.57 Å². The van der Waals surface area contributed by atoms with Crippen LogP contribution in [0.3, 0.4) is 0 Å². The van der Waals surface area contributed by atoms with Crippen LogP contribution in [0, 0.1) is 18.3 Å². The van der Waals surface area contributed by atoms with Crippen LogP contribution in [-0.2, 0) is 6.54 Å². The van der Waals surface area contributed by atoms with Gasteiger partial charge in [-0.2, -0.15) is 5.26 Å². The van der Waals surface area contributed by atoms with Crippen LogP contribution in [0.25, 0.3) is 0 Å². The van der Waals surface area contributed by atoms with Crippen molar-refractivity contribution in [1.29, 1.82) is 5.26 Å². The Bertz CT molecular complexity index is 307. The molecule has 3 heteroatoms. The number of hydrogen-bond donors (Lipinski definition) is 0. The molecule has 1 heterocycles. The van der Waals surface area contributed by atoms with Crippen molar-refractivity contribution >= 4 is 15.9 Å². The minimum atomic E-state index is 0.719. The first-order valence-electron chi connectivity index (χ1n) is 3.46. The van der Waals surface area contributed by atoms with Crippen molar-refractivity contribution in [2.45, 2.75) is 20.4 Å². The molecule has 0 bridgehead atoms. The molecule has 1 rings (SSSR count). The number of rotatable bonds is 1. The highest BCUT2D eigenvalue weighted by atomic mass is 79.9. The molecule has 0 saturated heterocycles. The van der Waals surface area contributed by atoms with Gasteiger partial charge in [-0.1, -0.05) is 0 Å². The fourth-order valence-corrected chi connectivity index (χ4v) is 1.54. The van der Waals surface area contributed by atoms with E-state index in [0.717, 1.165) is 22.4 Å². The summed E-state index contributed by atoms with van der Waals surface area (Å²) in [6.07, 6.45) is 0. The van der Waals surface area contributed by atoms with Gasteiger partial charge in [0.1, 0.15) is 11.8 Å². The van der Waals surface area contributed by atoms with Crippen LogP contribution >= 0.6 is 15.9 Å². The molecular weight excluding hydrogens is 204 g/mol. The number of hydrogen-bond acceptors (Lipinski definition) is 1. The van der Waals surface area contributed by atoms with Crippen LogP contribution in [0.5, 0.6) is 0 Å². The molecule has 58 valence electrons. The van der Waals surface area contributed by atoms with Gasteiger partial charge in [-0.15, -0.1) is 0 Å². The van der Waals surface area contributed by atoms with E-state index in [0.29, 0.717) is 0 Å². The molecule has 0 fully saturated rings. The van der Waals surface area contributed by atoms with Gasteiger partial charge in [0, 0.05) is 16.7 Å². The smallest absolute Gasteiger partial charge is 0.121 e. The van der Waals surface area contributed by atoms with Gasteiger partial charge in [0.25, 0.3) is 0 Å². The van der Waals surface area contributed by atoms with Gasteiger partial charge in [-0.25, -0.2) is 0 Å². The third kappa shape index (κ3) is 1.31. The van der Waals surface area contributed by atoms with E-state index in [-0.39, 0.29) is 0 Å². The van der Waals surface area contributed by atoms with Gasteiger partial charge < -0.3 is 4.57 Å². The first kappa shape index (κ1) is 8.35. The van der Waals surface area contributed by atoms with Crippen LogP contribution in [0.1, 0.15) is 18.3 Å². The second-order valence-electron chi connectivity index (χ2n) is 2.32. The fourth-order valence-electron chi connectivity index (χ4n) is 1.11. The quantitative estimate of drug-likeness (QED) is 0.704. The lowest BCUT2D eigenvalue weighted by Gasteiger charge is -2.01. The van der Waals surface area contributed by atoms with Gasteiger partial charge in [-0.3, -0.25) is 0 Å². The van der Waals surface area contributed by atoms with Gasteiger partial charge in [-0.05, 0) is 35.8 Å². The van der Waals surface area contributed by atoms with Gasteiger partial charge >= 0.3 is 0 Å². The first-order chi connectivity index (χ1) is 5.20. The molecule has 0 spiro atoms. The zero-order valence-corrected chi connectivity index (χ0v) is 8.14. The largest absolute Gasteiger partial charge is 0.336 e. The molecule has 11 heavy (non-hydrogen) atoms. The number of nitriles is 1. The molecule has 0 aliphatic rings. The molecule has 0 amide bonds. The molecular formula is C8H9BrN2. The van der Waals surface area contributed by atoms with Crippen molar-refractivity contribution in [3.8, 4) is 6.07 Å². The zero-order chi connectivity index (χ0) is 8.43. The summed E-state index contributed by atoms with van der Waals surface area (Å²) >= 11 is 3.38. The van der Waals surface area contributed by atoms with Crippen molar-refractivity contribution < 1.29 is 0 Å². The Labute approximate surface area is 74.6 Å². The fraction of sp³-hybridized carbons (Fsp3) is 0.375. The number of halogens is 1. The lowest BCUT2D eigenvalue weighted by atomic mass is 10.4. The van der Waals surface area contributed by atoms with Crippen molar-refractivity contribution in [3.63, 3.8) is 0 Å². The van der Waals surface area contributed by atoms with E-state index in [4.69, 9.17) is 5.26 Å². The second-order valence-corrected chi connectivity index (χ2v) is 3.17. The predicted octanol–water partition coefficient (Wildman–Crippen LogP) is 2.45. The summed E-state index contributed by atoms with van der Waals surface area (Å²) in [4.78, 5) is 0. The normalized spacial score (nSPS) is 9.64. The zero-order valence-electron chi connectivity index (χ0n) is 6.56. The van der Waals surface area contributed by atoms with Crippen LogP contribution in [0.15, 0.2) is 10.5 Å². The third-order valence-electron chi connectivity index (χ3n) is 1.74. The predicted molar refractivity (Wildman–Crippen MR) is 47.3 cm³/mol. The first-order valence-corrected chi connectivity index (χ1v) is 4.25. The van der Waals surface area contributed by atoms with E-state index in [1.807, 2.05) is 24.5 Å². The average molecular weight is 213 g/mol. The number of aromatic nitrogens is 1. The summed E-state index contributed by atoms with van der Waals surface area (Å²) in [5, 5.41) is 8.70. The molecule has 0 aliphatic carbocycles. The highest BCUT2D eigenvalue weighted by Crippen LogP contribution is 2.20. The molecule has 0 radical (unpaired) electrons. The molecule has 1 aromatic rings.